The lowest BCUT2D eigenvalue weighted by Gasteiger charge is -2.30. The Hall–Kier alpha value is -6.44. The lowest BCUT2D eigenvalue weighted by molar-refractivity contribution is -0.137. The van der Waals surface area contributed by atoms with Crippen molar-refractivity contribution in [1.29, 1.82) is 0 Å². The molecule has 1 unspecified atom stereocenters. The summed E-state index contributed by atoms with van der Waals surface area (Å²) in [7, 11) is 2.82. The lowest BCUT2D eigenvalue weighted by Crippen LogP contribution is -2.52. The van der Waals surface area contributed by atoms with Gasteiger partial charge in [0.15, 0.2) is 6.10 Å². The Morgan fingerprint density at radius 1 is 1.05 bits per heavy atom. The molecule has 3 heterocycles. The molecule has 0 saturated carbocycles. The van der Waals surface area contributed by atoms with Crippen LogP contribution in [0.2, 0.25) is 0 Å². The van der Waals surface area contributed by atoms with E-state index in [1.807, 2.05) is 0 Å². The molecule has 1 aromatic carbocycles. The molecule has 3 aliphatic heterocycles. The molecule has 0 spiro atoms. The van der Waals surface area contributed by atoms with Gasteiger partial charge in [0, 0.05) is 74.5 Å². The molecule has 0 radical (unpaired) electrons. The highest BCUT2D eigenvalue weighted by atomic mass is 16.6. The molecule has 0 aromatic heterocycles. The Morgan fingerprint density at radius 3 is 2.43 bits per heavy atom. The molecule has 338 valence electrons. The van der Waals surface area contributed by atoms with Crippen molar-refractivity contribution >= 4 is 53.1 Å². The van der Waals surface area contributed by atoms with Crippen molar-refractivity contribution in [2.75, 3.05) is 32.2 Å². The minimum Gasteiger partial charge on any atom is -0.465 e. The van der Waals surface area contributed by atoms with E-state index in [-0.39, 0.29) is 79.1 Å². The average Bonchev–Trinajstić information content (AvgIpc) is 3.56. The number of benzene rings is 1. The molecular weight excluding hydrogens is 821 g/mol. The largest absolute Gasteiger partial charge is 0.465 e. The monoisotopic (exact) mass is 874 g/mol. The van der Waals surface area contributed by atoms with Gasteiger partial charge in [-0.3, -0.25) is 39.0 Å². The average molecular weight is 875 g/mol. The number of primary amides is 1. The summed E-state index contributed by atoms with van der Waals surface area (Å²) in [5.41, 5.74) is 6.42. The minimum atomic E-state index is -1.37. The number of ether oxygens (including phenoxy) is 3. The number of hydrogen-bond donors (Lipinski definition) is 6. The fourth-order valence-electron chi connectivity index (χ4n) is 8.21. The van der Waals surface area contributed by atoms with Crippen LogP contribution in [0.4, 0.5) is 15.3 Å². The Labute approximate surface area is 364 Å². The van der Waals surface area contributed by atoms with Crippen molar-refractivity contribution in [3.63, 3.8) is 0 Å². The summed E-state index contributed by atoms with van der Waals surface area (Å²) < 4.78 is 16.7. The smallest absolute Gasteiger partial charge is 0.411 e. The van der Waals surface area contributed by atoms with Crippen LogP contribution in [0.15, 0.2) is 76.7 Å². The van der Waals surface area contributed by atoms with Crippen LogP contribution in [0.1, 0.15) is 69.3 Å². The van der Waals surface area contributed by atoms with Crippen molar-refractivity contribution < 1.29 is 62.8 Å². The van der Waals surface area contributed by atoms with Crippen LogP contribution in [0.5, 0.6) is 0 Å². The van der Waals surface area contributed by atoms with Crippen molar-refractivity contribution in [3.05, 3.63) is 87.8 Å². The number of fused-ring (bicyclic) bond motifs is 3. The summed E-state index contributed by atoms with van der Waals surface area (Å²) in [6.07, 6.45) is 1.35. The third-order valence-corrected chi connectivity index (χ3v) is 11.5. The number of Topliss-reactive ketones (excluding diaryl/α,β-unsaturated/α-hetero) is 1. The van der Waals surface area contributed by atoms with Crippen molar-refractivity contribution in [2.45, 2.75) is 90.4 Å². The quantitative estimate of drug-likeness (QED) is 0.118. The molecule has 1 aromatic rings. The maximum absolute atomic E-state index is 14.2. The summed E-state index contributed by atoms with van der Waals surface area (Å²) in [6, 6.07) is 3.65. The highest BCUT2D eigenvalue weighted by Crippen LogP contribution is 2.35. The summed E-state index contributed by atoms with van der Waals surface area (Å²) in [5.74, 6) is -4.52. The molecule has 19 nitrogen and oxygen atoms in total. The number of allylic oxidation sites excluding steroid dienone is 4. The molecule has 4 aliphatic rings. The summed E-state index contributed by atoms with van der Waals surface area (Å²) in [6.45, 7) is 6.21. The van der Waals surface area contributed by atoms with Gasteiger partial charge >= 0.3 is 12.2 Å². The highest BCUT2D eigenvalue weighted by molar-refractivity contribution is 6.23. The van der Waals surface area contributed by atoms with E-state index in [4.69, 9.17) is 19.9 Å². The van der Waals surface area contributed by atoms with E-state index in [1.165, 1.54) is 62.5 Å². The Bertz CT molecular complexity index is 2210. The van der Waals surface area contributed by atoms with Gasteiger partial charge in [-0.25, -0.2) is 9.59 Å². The SMILES string of the molecule is CO[C@H]1/C=C\C=C(/C)C(=O)NC2=CC(=O)C(NCCN(C(=O)O)c3cccc4c3CN(C3CCC(=O)NC3=O)C4=O)=C(C[C@@H](C)C[C@H](OC)[C@@H](O)[C@@H](C)/C=C(\C)[C@@H]1OC(N)=O)C2=O. The number of carbonyl (C=O) groups is 8. The molecule has 63 heavy (non-hydrogen) atoms. The predicted molar refractivity (Wildman–Crippen MR) is 225 cm³/mol. The molecule has 7 N–H and O–H groups in total. The number of nitrogens with two attached hydrogens (primary N) is 1. The third kappa shape index (κ3) is 11.0. The van der Waals surface area contributed by atoms with E-state index in [1.54, 1.807) is 26.8 Å². The van der Waals surface area contributed by atoms with Gasteiger partial charge in [-0.15, -0.1) is 0 Å². The highest BCUT2D eigenvalue weighted by Gasteiger charge is 2.41. The van der Waals surface area contributed by atoms with E-state index in [0.29, 0.717) is 11.1 Å². The van der Waals surface area contributed by atoms with E-state index < -0.39 is 89.7 Å². The van der Waals surface area contributed by atoms with Crippen molar-refractivity contribution in [3.8, 4) is 0 Å². The zero-order chi connectivity index (χ0) is 46.3. The number of piperidine rings is 1. The second kappa shape index (κ2) is 20.6. The number of imide groups is 1. The van der Waals surface area contributed by atoms with Gasteiger partial charge in [0.05, 0.1) is 29.3 Å². The fourth-order valence-corrected chi connectivity index (χ4v) is 8.21. The van der Waals surface area contributed by atoms with Crippen LogP contribution in [0.3, 0.4) is 0 Å². The number of methoxy groups -OCH3 is 2. The van der Waals surface area contributed by atoms with Crippen LogP contribution < -0.4 is 26.6 Å². The predicted octanol–water partition coefficient (Wildman–Crippen LogP) is 2.30. The van der Waals surface area contributed by atoms with Crippen molar-refractivity contribution in [2.24, 2.45) is 17.6 Å². The number of rotatable bonds is 9. The number of ketones is 2. The van der Waals surface area contributed by atoms with Gasteiger partial charge in [0.25, 0.3) is 11.8 Å². The lowest BCUT2D eigenvalue weighted by atomic mass is 9.85. The number of carboxylic acid groups (broad SMARTS) is 1. The number of anilines is 1. The number of nitrogens with one attached hydrogen (secondary N) is 3. The van der Waals surface area contributed by atoms with Gasteiger partial charge in [-0.1, -0.05) is 44.2 Å². The van der Waals surface area contributed by atoms with E-state index in [0.717, 1.165) is 11.0 Å². The molecular formula is C44H54N6O13. The fraction of sp³-hybridized carbons (Fsp3) is 0.455. The van der Waals surface area contributed by atoms with Crippen LogP contribution >= 0.6 is 0 Å². The topological polar surface area (TPSA) is 273 Å². The number of nitrogens with zero attached hydrogens (tertiary/aromatic N) is 2. The van der Waals surface area contributed by atoms with Gasteiger partial charge < -0.3 is 45.7 Å². The second-order valence-electron chi connectivity index (χ2n) is 16.0. The molecule has 1 aliphatic carbocycles. The molecule has 2 bridgehead atoms. The Morgan fingerprint density at radius 2 is 1.78 bits per heavy atom. The maximum Gasteiger partial charge on any atom is 0.411 e. The first-order chi connectivity index (χ1) is 29.9. The first-order valence-electron chi connectivity index (χ1n) is 20.5. The van der Waals surface area contributed by atoms with Crippen molar-refractivity contribution in [1.82, 2.24) is 20.9 Å². The third-order valence-electron chi connectivity index (χ3n) is 11.5. The first kappa shape index (κ1) is 47.6. The molecule has 6 amide bonds. The number of carbonyl (C=O) groups excluding carboxylic acids is 7. The standard InChI is InChI=1S/C44H54N6O13/c1-22-17-27-36(46-15-16-49(44(59)60)30-11-8-10-26-28(30)21-50(42(26)57)31-13-14-35(52)48-41(31)56)32(51)20-29(38(27)54)47-40(55)23(2)9-7-12-33(61-5)39(63-43(45)58)25(4)19-24(3)37(53)34(18-22)62-6/h7-12,19-20,22,24,31,33-34,37,39,46,53H,13-18,21H2,1-6H3,(H2,45,58)(H,47,55)(H,59,60)(H,48,52,56)/b12-7-,23-9+,25-19+/t22-,24+,31?,33+,34+,37+,39+/m1/s1. The Kier molecular flexibility index (Phi) is 15.6. The number of aliphatic hydroxyl groups excluding tert-OH is 1. The van der Waals surface area contributed by atoms with Crippen LogP contribution in [0.25, 0.3) is 0 Å². The Balaban J connectivity index is 1.44. The van der Waals surface area contributed by atoms with Gasteiger partial charge in [0.1, 0.15) is 12.1 Å². The maximum atomic E-state index is 14.2. The molecule has 1 saturated heterocycles. The van der Waals surface area contributed by atoms with Crippen LogP contribution in [-0.4, -0.2) is 120 Å². The molecule has 1 fully saturated rings. The van der Waals surface area contributed by atoms with Gasteiger partial charge in [-0.05, 0) is 56.7 Å². The number of aliphatic hydroxyl groups is 1. The summed E-state index contributed by atoms with van der Waals surface area (Å²) in [5, 5.41) is 29.6. The van der Waals surface area contributed by atoms with Crippen LogP contribution in [0, 0.1) is 11.8 Å². The van der Waals surface area contributed by atoms with Gasteiger partial charge in [-0.2, -0.15) is 0 Å². The summed E-state index contributed by atoms with van der Waals surface area (Å²) >= 11 is 0. The molecule has 5 rings (SSSR count). The first-order valence-corrected chi connectivity index (χ1v) is 20.5. The van der Waals surface area contributed by atoms with Crippen LogP contribution in [-0.2, 0) is 44.7 Å². The second-order valence-corrected chi connectivity index (χ2v) is 16.0. The van der Waals surface area contributed by atoms with E-state index in [9.17, 15) is 48.6 Å². The van der Waals surface area contributed by atoms with Gasteiger partial charge in [0.2, 0.25) is 23.4 Å². The molecule has 19 heteroatoms. The van der Waals surface area contributed by atoms with E-state index >= 15 is 0 Å². The molecule has 7 atom stereocenters. The zero-order valence-electron chi connectivity index (χ0n) is 36.0. The summed E-state index contributed by atoms with van der Waals surface area (Å²) in [4.78, 5) is 106. The minimum absolute atomic E-state index is 0.0141. The van der Waals surface area contributed by atoms with E-state index in [2.05, 4.69) is 16.0 Å². The number of amides is 6. The number of hydrogen-bond acceptors (Lipinski definition) is 13. The normalized spacial score (nSPS) is 28.5. The zero-order valence-corrected chi connectivity index (χ0v) is 36.0.